The van der Waals surface area contributed by atoms with Crippen molar-refractivity contribution >= 4 is 46.0 Å². The molecule has 1 atom stereocenters. The lowest BCUT2D eigenvalue weighted by Gasteiger charge is -2.26. The van der Waals surface area contributed by atoms with E-state index in [-0.39, 0.29) is 16.8 Å². The van der Waals surface area contributed by atoms with Gasteiger partial charge in [0, 0.05) is 22.0 Å². The molecule has 1 aromatic carbocycles. The Morgan fingerprint density at radius 2 is 2.05 bits per heavy atom. The molecule has 2 aromatic rings. The lowest BCUT2D eigenvalue weighted by Crippen LogP contribution is -2.44. The average molecular weight is 341 g/mol. The molecule has 1 aliphatic carbocycles. The van der Waals surface area contributed by atoms with Crippen molar-refractivity contribution in [3.05, 3.63) is 33.9 Å². The normalized spacial score (nSPS) is 15.8. The van der Waals surface area contributed by atoms with E-state index >= 15 is 0 Å². The second kappa shape index (κ2) is 5.48. The van der Waals surface area contributed by atoms with E-state index < -0.39 is 17.9 Å². The molecule has 1 unspecified atom stereocenters. The highest BCUT2D eigenvalue weighted by molar-refractivity contribution is 6.39. The minimum atomic E-state index is -1.03. The average Bonchev–Trinajstić information content (AvgIpc) is 3.24. The largest absolute Gasteiger partial charge is 0.480 e. The van der Waals surface area contributed by atoms with Gasteiger partial charge in [0.25, 0.3) is 5.91 Å². The third-order valence-corrected chi connectivity index (χ3v) is 4.49. The number of H-pyrrole nitrogens is 1. The molecule has 0 radical (unpaired) electrons. The minimum Gasteiger partial charge on any atom is -0.480 e. The Morgan fingerprint density at radius 3 is 2.64 bits per heavy atom. The molecule has 116 valence electrons. The van der Waals surface area contributed by atoms with Crippen LogP contribution in [0.4, 0.5) is 0 Å². The van der Waals surface area contributed by atoms with Gasteiger partial charge < -0.3 is 15.0 Å². The number of rotatable bonds is 4. The third-order valence-electron chi connectivity index (χ3n) is 3.86. The fourth-order valence-electron chi connectivity index (χ4n) is 2.54. The third kappa shape index (κ3) is 2.55. The molecule has 1 aromatic heterocycles. The molecule has 1 saturated carbocycles. The second-order valence-corrected chi connectivity index (χ2v) is 6.28. The van der Waals surface area contributed by atoms with Gasteiger partial charge >= 0.3 is 5.97 Å². The lowest BCUT2D eigenvalue weighted by atomic mass is 10.2. The number of halogens is 2. The van der Waals surface area contributed by atoms with Gasteiger partial charge in [-0.3, -0.25) is 4.79 Å². The summed E-state index contributed by atoms with van der Waals surface area (Å²) in [4.78, 5) is 28.4. The first-order valence-corrected chi connectivity index (χ1v) is 7.68. The molecule has 0 saturated heterocycles. The van der Waals surface area contributed by atoms with Crippen LogP contribution in [0.5, 0.6) is 0 Å². The van der Waals surface area contributed by atoms with E-state index in [0.29, 0.717) is 15.9 Å². The van der Waals surface area contributed by atoms with Crippen LogP contribution >= 0.6 is 23.2 Å². The number of hydrogen-bond acceptors (Lipinski definition) is 2. The maximum absolute atomic E-state index is 12.8. The molecule has 1 fully saturated rings. The summed E-state index contributed by atoms with van der Waals surface area (Å²) in [6.45, 7) is 1.51. The summed E-state index contributed by atoms with van der Waals surface area (Å²) < 4.78 is 0. The number of fused-ring (bicyclic) bond motifs is 1. The Labute approximate surface area is 136 Å². The van der Waals surface area contributed by atoms with Crippen molar-refractivity contribution in [2.45, 2.75) is 31.8 Å². The number of carboxylic acids is 1. The van der Waals surface area contributed by atoms with Crippen molar-refractivity contribution in [2.75, 3.05) is 0 Å². The summed E-state index contributed by atoms with van der Waals surface area (Å²) in [5.74, 6) is -1.43. The molecule has 0 bridgehead atoms. The van der Waals surface area contributed by atoms with Crippen molar-refractivity contribution in [3.8, 4) is 0 Å². The number of aromatic nitrogens is 1. The van der Waals surface area contributed by atoms with E-state index in [2.05, 4.69) is 4.98 Å². The number of aliphatic carboxylic acids is 1. The van der Waals surface area contributed by atoms with Gasteiger partial charge in [0.15, 0.2) is 0 Å². The standard InChI is InChI=1S/C15H14Cl2N2O3/c1-7(15(21)22)19(9-3-4-9)14(20)13-12(17)10-6-8(16)2-5-11(10)18-13/h2,5-7,9,18H,3-4H2,1H3,(H,21,22). The highest BCUT2D eigenvalue weighted by Crippen LogP contribution is 2.34. The van der Waals surface area contributed by atoms with Crippen molar-refractivity contribution in [2.24, 2.45) is 0 Å². The molecule has 3 rings (SSSR count). The number of aromatic amines is 1. The van der Waals surface area contributed by atoms with Crippen LogP contribution in [-0.2, 0) is 4.79 Å². The second-order valence-electron chi connectivity index (χ2n) is 5.46. The number of nitrogens with zero attached hydrogens (tertiary/aromatic N) is 1. The number of carbonyl (C=O) groups excluding carboxylic acids is 1. The molecule has 1 amide bonds. The number of carboxylic acid groups (broad SMARTS) is 1. The van der Waals surface area contributed by atoms with Crippen LogP contribution in [-0.4, -0.2) is 39.0 Å². The van der Waals surface area contributed by atoms with Crippen molar-refractivity contribution in [3.63, 3.8) is 0 Å². The van der Waals surface area contributed by atoms with Gasteiger partial charge in [0.1, 0.15) is 11.7 Å². The SMILES string of the molecule is CC(C(=O)O)N(C(=O)c1[nH]c2ccc(Cl)cc2c1Cl)C1CC1. The van der Waals surface area contributed by atoms with E-state index in [1.54, 1.807) is 18.2 Å². The lowest BCUT2D eigenvalue weighted by molar-refractivity contribution is -0.141. The number of hydrogen-bond donors (Lipinski definition) is 2. The maximum Gasteiger partial charge on any atom is 0.326 e. The summed E-state index contributed by atoms with van der Waals surface area (Å²) in [7, 11) is 0. The highest BCUT2D eigenvalue weighted by Gasteiger charge is 2.40. The number of nitrogens with one attached hydrogen (secondary N) is 1. The van der Waals surface area contributed by atoms with Gasteiger partial charge in [0.2, 0.25) is 0 Å². The number of benzene rings is 1. The van der Waals surface area contributed by atoms with E-state index in [9.17, 15) is 14.7 Å². The summed E-state index contributed by atoms with van der Waals surface area (Å²) in [5.41, 5.74) is 0.899. The van der Waals surface area contributed by atoms with E-state index in [0.717, 1.165) is 12.8 Å². The Hall–Kier alpha value is -1.72. The summed E-state index contributed by atoms with van der Waals surface area (Å²) in [6, 6.07) is 4.18. The minimum absolute atomic E-state index is 0.0373. The van der Waals surface area contributed by atoms with Gasteiger partial charge in [-0.25, -0.2) is 4.79 Å². The molecule has 7 heteroatoms. The summed E-state index contributed by atoms with van der Waals surface area (Å²) in [5, 5.41) is 10.7. The van der Waals surface area contributed by atoms with Crippen molar-refractivity contribution in [1.29, 1.82) is 0 Å². The first kappa shape index (κ1) is 15.2. The van der Waals surface area contributed by atoms with E-state index in [1.165, 1.54) is 11.8 Å². The molecule has 5 nitrogen and oxygen atoms in total. The first-order chi connectivity index (χ1) is 10.4. The van der Waals surface area contributed by atoms with Crippen molar-refractivity contribution in [1.82, 2.24) is 9.88 Å². The van der Waals surface area contributed by atoms with Crippen LogP contribution in [0.2, 0.25) is 10.0 Å². The molecular weight excluding hydrogens is 327 g/mol. The van der Waals surface area contributed by atoms with Crippen LogP contribution in [0, 0.1) is 0 Å². The van der Waals surface area contributed by atoms with Crippen LogP contribution in [0.15, 0.2) is 18.2 Å². The molecule has 0 aliphatic heterocycles. The number of amides is 1. The van der Waals surface area contributed by atoms with E-state index in [4.69, 9.17) is 23.2 Å². The van der Waals surface area contributed by atoms with Crippen LogP contribution in [0.1, 0.15) is 30.3 Å². The smallest absolute Gasteiger partial charge is 0.326 e. The molecule has 22 heavy (non-hydrogen) atoms. The van der Waals surface area contributed by atoms with E-state index in [1.807, 2.05) is 0 Å². The van der Waals surface area contributed by atoms with Gasteiger partial charge in [-0.05, 0) is 38.0 Å². The van der Waals surface area contributed by atoms with Crippen LogP contribution < -0.4 is 0 Å². The predicted octanol–water partition coefficient (Wildman–Crippen LogP) is 3.55. The fourth-order valence-corrected chi connectivity index (χ4v) is 2.99. The first-order valence-electron chi connectivity index (χ1n) is 6.92. The molecule has 0 spiro atoms. The maximum atomic E-state index is 12.8. The van der Waals surface area contributed by atoms with Gasteiger partial charge in [-0.15, -0.1) is 0 Å². The monoisotopic (exact) mass is 340 g/mol. The molecule has 1 heterocycles. The Kier molecular flexibility index (Phi) is 3.78. The summed E-state index contributed by atoms with van der Waals surface area (Å²) in [6.07, 6.45) is 1.63. The van der Waals surface area contributed by atoms with Gasteiger partial charge in [-0.1, -0.05) is 23.2 Å². The molecule has 2 N–H and O–H groups in total. The quantitative estimate of drug-likeness (QED) is 0.893. The molecule has 1 aliphatic rings. The molecular formula is C15H14Cl2N2O3. The Bertz CT molecular complexity index is 767. The van der Waals surface area contributed by atoms with Gasteiger partial charge in [0.05, 0.1) is 5.02 Å². The zero-order chi connectivity index (χ0) is 16.0. The topological polar surface area (TPSA) is 73.4 Å². The number of carbonyl (C=O) groups is 2. The zero-order valence-electron chi connectivity index (χ0n) is 11.8. The fraction of sp³-hybridized carbons (Fsp3) is 0.333. The van der Waals surface area contributed by atoms with Crippen LogP contribution in [0.25, 0.3) is 10.9 Å². The highest BCUT2D eigenvalue weighted by atomic mass is 35.5. The Morgan fingerprint density at radius 1 is 1.36 bits per heavy atom. The van der Waals surface area contributed by atoms with Crippen molar-refractivity contribution < 1.29 is 14.7 Å². The Balaban J connectivity index is 2.03. The predicted molar refractivity (Wildman–Crippen MR) is 84.6 cm³/mol. The summed E-state index contributed by atoms with van der Waals surface area (Å²) >= 11 is 12.2. The van der Waals surface area contributed by atoms with Gasteiger partial charge in [-0.2, -0.15) is 0 Å². The zero-order valence-corrected chi connectivity index (χ0v) is 13.3. The van der Waals surface area contributed by atoms with Crippen LogP contribution in [0.3, 0.4) is 0 Å².